The van der Waals surface area contributed by atoms with Crippen LogP contribution in [0.1, 0.15) is 16.9 Å². The molecule has 1 aromatic carbocycles. The standard InChI is InChI=1S/C21H30N4O3S/c1-23(2)13-15-14-29-10-6-9-25(15)21(26)19-12-18(22-24(19)3)17-11-16(27-4)7-8-20(17)28-5/h7-8,11-12,15H,6,9-10,13-14H2,1-5H3. The third kappa shape index (κ3) is 4.87. The highest BCUT2D eigenvalue weighted by Crippen LogP contribution is 2.33. The highest BCUT2D eigenvalue weighted by Gasteiger charge is 2.29. The fraction of sp³-hybridized carbons (Fsp3) is 0.524. The maximum Gasteiger partial charge on any atom is 0.272 e. The minimum atomic E-state index is 0.0301. The zero-order valence-corrected chi connectivity index (χ0v) is 18.7. The van der Waals surface area contributed by atoms with E-state index in [2.05, 4.69) is 24.1 Å². The number of ether oxygens (including phenoxy) is 2. The summed E-state index contributed by atoms with van der Waals surface area (Å²) >= 11 is 1.92. The van der Waals surface area contributed by atoms with Gasteiger partial charge >= 0.3 is 0 Å². The lowest BCUT2D eigenvalue weighted by molar-refractivity contribution is 0.0664. The fourth-order valence-corrected chi connectivity index (χ4v) is 4.69. The van der Waals surface area contributed by atoms with Gasteiger partial charge in [-0.25, -0.2) is 0 Å². The van der Waals surface area contributed by atoms with Crippen LogP contribution < -0.4 is 9.47 Å². The Hall–Kier alpha value is -2.19. The van der Waals surface area contributed by atoms with Crippen molar-refractivity contribution in [2.24, 2.45) is 7.05 Å². The van der Waals surface area contributed by atoms with Gasteiger partial charge in [-0.3, -0.25) is 9.48 Å². The average Bonchev–Trinajstić information content (AvgIpc) is 2.95. The van der Waals surface area contributed by atoms with Gasteiger partial charge in [0.2, 0.25) is 0 Å². The Morgan fingerprint density at radius 2 is 2.07 bits per heavy atom. The minimum Gasteiger partial charge on any atom is -0.497 e. The highest BCUT2D eigenvalue weighted by molar-refractivity contribution is 7.99. The Bertz CT molecular complexity index is 852. The quantitative estimate of drug-likeness (QED) is 0.719. The molecule has 7 nitrogen and oxygen atoms in total. The van der Waals surface area contributed by atoms with E-state index in [-0.39, 0.29) is 11.9 Å². The van der Waals surface area contributed by atoms with E-state index in [0.717, 1.165) is 42.3 Å². The van der Waals surface area contributed by atoms with Crippen LogP contribution in [0.25, 0.3) is 11.3 Å². The van der Waals surface area contributed by atoms with Gasteiger partial charge in [-0.2, -0.15) is 16.9 Å². The summed E-state index contributed by atoms with van der Waals surface area (Å²) < 4.78 is 12.5. The predicted octanol–water partition coefficient (Wildman–Crippen LogP) is 2.61. The predicted molar refractivity (Wildman–Crippen MR) is 117 cm³/mol. The zero-order valence-electron chi connectivity index (χ0n) is 17.8. The molecular formula is C21H30N4O3S. The van der Waals surface area contributed by atoms with Gasteiger partial charge in [0.05, 0.1) is 26.0 Å². The molecule has 0 N–H and O–H groups in total. The molecule has 2 aromatic rings. The maximum absolute atomic E-state index is 13.5. The second-order valence-electron chi connectivity index (χ2n) is 7.45. The fourth-order valence-electron chi connectivity index (χ4n) is 3.63. The van der Waals surface area contributed by atoms with Crippen LogP contribution >= 0.6 is 11.8 Å². The van der Waals surface area contributed by atoms with Gasteiger partial charge < -0.3 is 19.3 Å². The first kappa shape index (κ1) is 21.5. The second-order valence-corrected chi connectivity index (χ2v) is 8.60. The molecule has 1 unspecified atom stereocenters. The van der Waals surface area contributed by atoms with Crippen molar-refractivity contribution in [2.75, 3.05) is 52.9 Å². The maximum atomic E-state index is 13.5. The second kappa shape index (κ2) is 9.54. The Kier molecular flexibility index (Phi) is 7.08. The van der Waals surface area contributed by atoms with Crippen molar-refractivity contribution in [3.05, 3.63) is 30.0 Å². The van der Waals surface area contributed by atoms with Gasteiger partial charge in [-0.15, -0.1) is 0 Å². The highest BCUT2D eigenvalue weighted by atomic mass is 32.2. The summed E-state index contributed by atoms with van der Waals surface area (Å²) in [5.41, 5.74) is 2.08. The van der Waals surface area contributed by atoms with Crippen LogP contribution in [0.2, 0.25) is 0 Å². The number of thioether (sulfide) groups is 1. The third-order valence-electron chi connectivity index (χ3n) is 5.06. The monoisotopic (exact) mass is 418 g/mol. The molecule has 29 heavy (non-hydrogen) atoms. The molecule has 0 aliphatic carbocycles. The van der Waals surface area contributed by atoms with E-state index in [1.165, 1.54) is 0 Å². The van der Waals surface area contributed by atoms with Crippen molar-refractivity contribution in [1.82, 2.24) is 19.6 Å². The summed E-state index contributed by atoms with van der Waals surface area (Å²) in [6.07, 6.45) is 1.01. The van der Waals surface area contributed by atoms with Crippen LogP contribution in [0, 0.1) is 0 Å². The molecule has 158 valence electrons. The third-order valence-corrected chi connectivity index (χ3v) is 6.25. The van der Waals surface area contributed by atoms with Crippen LogP contribution in [-0.4, -0.2) is 84.4 Å². The summed E-state index contributed by atoms with van der Waals surface area (Å²) in [6.45, 7) is 1.63. The van der Waals surface area contributed by atoms with Gasteiger partial charge in [0.15, 0.2) is 0 Å². The lowest BCUT2D eigenvalue weighted by Gasteiger charge is -2.31. The van der Waals surface area contributed by atoms with E-state index in [1.807, 2.05) is 48.0 Å². The van der Waals surface area contributed by atoms with E-state index in [9.17, 15) is 4.79 Å². The molecule has 2 heterocycles. The lowest BCUT2D eigenvalue weighted by Crippen LogP contribution is -2.47. The van der Waals surface area contributed by atoms with Crippen molar-refractivity contribution >= 4 is 17.7 Å². The molecule has 1 aliphatic heterocycles. The summed E-state index contributed by atoms with van der Waals surface area (Å²) in [4.78, 5) is 17.6. The summed E-state index contributed by atoms with van der Waals surface area (Å²) in [6, 6.07) is 7.62. The van der Waals surface area contributed by atoms with Crippen molar-refractivity contribution in [3.63, 3.8) is 0 Å². The molecule has 3 rings (SSSR count). The SMILES string of the molecule is COc1ccc(OC)c(-c2cc(C(=O)N3CCCSCC3CN(C)C)n(C)n2)c1. The number of carbonyl (C=O) groups is 1. The number of hydrogen-bond acceptors (Lipinski definition) is 6. The van der Waals surface area contributed by atoms with Crippen molar-refractivity contribution in [3.8, 4) is 22.8 Å². The van der Waals surface area contributed by atoms with Crippen molar-refractivity contribution in [2.45, 2.75) is 12.5 Å². The molecule has 1 aromatic heterocycles. The topological polar surface area (TPSA) is 59.8 Å². The summed E-state index contributed by atoms with van der Waals surface area (Å²) in [7, 11) is 9.17. The number of hydrogen-bond donors (Lipinski definition) is 0. The smallest absolute Gasteiger partial charge is 0.272 e. The van der Waals surface area contributed by atoms with Gasteiger partial charge in [-0.05, 0) is 50.5 Å². The molecule has 0 spiro atoms. The number of amides is 1. The molecule has 1 amide bonds. The lowest BCUT2D eigenvalue weighted by atomic mass is 10.1. The summed E-state index contributed by atoms with van der Waals surface area (Å²) in [5.74, 6) is 3.49. The normalized spacial score (nSPS) is 17.3. The van der Waals surface area contributed by atoms with E-state index < -0.39 is 0 Å². The molecule has 0 saturated carbocycles. The van der Waals surface area contributed by atoms with Crippen LogP contribution in [0.15, 0.2) is 24.3 Å². The first-order valence-corrected chi connectivity index (χ1v) is 10.9. The number of nitrogens with zero attached hydrogens (tertiary/aromatic N) is 4. The molecule has 1 saturated heterocycles. The minimum absolute atomic E-state index is 0.0301. The van der Waals surface area contributed by atoms with Crippen molar-refractivity contribution < 1.29 is 14.3 Å². The van der Waals surface area contributed by atoms with Crippen LogP contribution in [-0.2, 0) is 7.05 Å². The number of methoxy groups -OCH3 is 2. The van der Waals surface area contributed by atoms with Gasteiger partial charge in [-0.1, -0.05) is 0 Å². The first-order chi connectivity index (χ1) is 13.9. The Labute approximate surface area is 177 Å². The number of carbonyl (C=O) groups excluding carboxylic acids is 1. The van der Waals surface area contributed by atoms with Crippen LogP contribution in [0.3, 0.4) is 0 Å². The van der Waals surface area contributed by atoms with E-state index in [4.69, 9.17) is 9.47 Å². The molecule has 0 bridgehead atoms. The van der Waals surface area contributed by atoms with Gasteiger partial charge in [0.25, 0.3) is 5.91 Å². The molecular weight excluding hydrogens is 388 g/mol. The number of aromatic nitrogens is 2. The first-order valence-electron chi connectivity index (χ1n) is 9.74. The molecule has 0 radical (unpaired) electrons. The Morgan fingerprint density at radius 1 is 1.28 bits per heavy atom. The summed E-state index contributed by atoms with van der Waals surface area (Å²) in [5, 5.41) is 4.61. The van der Waals surface area contributed by atoms with Gasteiger partial charge in [0, 0.05) is 31.5 Å². The van der Waals surface area contributed by atoms with Crippen LogP contribution in [0.4, 0.5) is 0 Å². The molecule has 8 heteroatoms. The number of benzene rings is 1. The largest absolute Gasteiger partial charge is 0.497 e. The number of rotatable bonds is 6. The van der Waals surface area contributed by atoms with Gasteiger partial charge in [0.1, 0.15) is 17.2 Å². The number of aryl methyl sites for hydroxylation is 1. The van der Waals surface area contributed by atoms with Crippen LogP contribution in [0.5, 0.6) is 11.5 Å². The van der Waals surface area contributed by atoms with E-state index >= 15 is 0 Å². The Morgan fingerprint density at radius 3 is 2.76 bits per heavy atom. The average molecular weight is 419 g/mol. The number of likely N-dealkylation sites (N-methyl/N-ethyl adjacent to an activating group) is 1. The molecule has 1 fully saturated rings. The zero-order chi connectivity index (χ0) is 21.0. The van der Waals surface area contributed by atoms with Crippen molar-refractivity contribution in [1.29, 1.82) is 0 Å². The van der Waals surface area contributed by atoms with E-state index in [0.29, 0.717) is 17.1 Å². The van der Waals surface area contributed by atoms with E-state index in [1.54, 1.807) is 18.9 Å². The Balaban J connectivity index is 1.94. The molecule has 1 atom stereocenters. The molecule has 1 aliphatic rings.